The number of carbonyl (C=O) groups excluding carboxylic acids is 6. The molecular weight excluding hydrogens is 580 g/mol. The highest BCUT2D eigenvalue weighted by atomic mass is 16.2. The summed E-state index contributed by atoms with van der Waals surface area (Å²) in [5.41, 5.74) is -2.48. The second kappa shape index (κ2) is 12.3. The van der Waals surface area contributed by atoms with Crippen LogP contribution in [0.2, 0.25) is 0 Å². The Morgan fingerprint density at radius 1 is 0.500 bits per heavy atom. The molecule has 8 heteroatoms. The third-order valence-corrected chi connectivity index (χ3v) is 10.7. The summed E-state index contributed by atoms with van der Waals surface area (Å²) < 4.78 is 0. The molecule has 3 fully saturated rings. The van der Waals surface area contributed by atoms with E-state index >= 15 is 0 Å². The van der Waals surface area contributed by atoms with Gasteiger partial charge in [-0.25, -0.2) is 0 Å². The van der Waals surface area contributed by atoms with Crippen molar-refractivity contribution in [3.8, 4) is 0 Å². The standard InChI is InChI=1S/C38H62N2O6/c1-34(2,3)25(42)17-16-24(41)21-18-22(39-30(43)26(35(4,5)6)27(31(39)44)36(7,8)9)20-23(19-21)40-32(45)28(37(10,11)12)29(33(40)46)38(13,14)15/h21-23,26-29H,16-20H2,1-15H3/t21?,22-,23+,26?,27?,28?,29?. The third-order valence-electron chi connectivity index (χ3n) is 10.7. The van der Waals surface area contributed by atoms with Crippen LogP contribution in [0.3, 0.4) is 0 Å². The van der Waals surface area contributed by atoms with Gasteiger partial charge in [0.05, 0.1) is 23.7 Å². The van der Waals surface area contributed by atoms with Crippen molar-refractivity contribution >= 4 is 35.2 Å². The van der Waals surface area contributed by atoms with E-state index < -0.39 is 68.7 Å². The van der Waals surface area contributed by atoms with E-state index in [-0.39, 0.29) is 67.3 Å². The first-order valence-electron chi connectivity index (χ1n) is 17.3. The van der Waals surface area contributed by atoms with E-state index in [1.807, 2.05) is 104 Å². The molecule has 0 aromatic carbocycles. The molecule has 5 unspecified atom stereocenters. The van der Waals surface area contributed by atoms with Gasteiger partial charge in [-0.05, 0) is 40.9 Å². The average molecular weight is 643 g/mol. The first kappa shape index (κ1) is 38.1. The Balaban J connectivity index is 2.09. The number of hydrogen-bond donors (Lipinski definition) is 0. The summed E-state index contributed by atoms with van der Waals surface area (Å²) in [7, 11) is 0. The van der Waals surface area contributed by atoms with Gasteiger partial charge in [0.2, 0.25) is 23.6 Å². The van der Waals surface area contributed by atoms with Crippen LogP contribution in [-0.4, -0.2) is 57.1 Å². The van der Waals surface area contributed by atoms with Crippen molar-refractivity contribution in [2.45, 2.75) is 148 Å². The quantitative estimate of drug-likeness (QED) is 0.293. The Kier molecular flexibility index (Phi) is 10.1. The lowest BCUT2D eigenvalue weighted by atomic mass is 9.65. The van der Waals surface area contributed by atoms with E-state index in [1.54, 1.807) is 0 Å². The van der Waals surface area contributed by atoms with Crippen LogP contribution in [0.4, 0.5) is 0 Å². The molecule has 1 aliphatic carbocycles. The number of hydrogen-bond acceptors (Lipinski definition) is 6. The van der Waals surface area contributed by atoms with Gasteiger partial charge in [-0.3, -0.25) is 38.6 Å². The van der Waals surface area contributed by atoms with Gasteiger partial charge in [-0.1, -0.05) is 104 Å². The molecule has 46 heavy (non-hydrogen) atoms. The molecule has 2 saturated heterocycles. The smallest absolute Gasteiger partial charge is 0.233 e. The van der Waals surface area contributed by atoms with Gasteiger partial charge in [-0.2, -0.15) is 0 Å². The van der Waals surface area contributed by atoms with Crippen LogP contribution >= 0.6 is 0 Å². The van der Waals surface area contributed by atoms with Gasteiger partial charge >= 0.3 is 0 Å². The van der Waals surface area contributed by atoms with Crippen molar-refractivity contribution in [3.63, 3.8) is 0 Å². The largest absolute Gasteiger partial charge is 0.299 e. The summed E-state index contributed by atoms with van der Waals surface area (Å²) in [5.74, 6) is -3.84. The maximum Gasteiger partial charge on any atom is 0.233 e. The van der Waals surface area contributed by atoms with E-state index in [2.05, 4.69) is 0 Å². The number of amides is 4. The van der Waals surface area contributed by atoms with Crippen molar-refractivity contribution in [3.05, 3.63) is 0 Å². The number of ketones is 2. The minimum Gasteiger partial charge on any atom is -0.299 e. The normalized spacial score (nSPS) is 30.5. The number of likely N-dealkylation sites (tertiary alicyclic amines) is 2. The topological polar surface area (TPSA) is 109 Å². The molecule has 0 spiro atoms. The third kappa shape index (κ3) is 7.36. The van der Waals surface area contributed by atoms with Crippen LogP contribution in [-0.2, 0) is 28.8 Å². The van der Waals surface area contributed by atoms with Gasteiger partial charge in [-0.15, -0.1) is 0 Å². The van der Waals surface area contributed by atoms with E-state index in [9.17, 15) is 28.8 Å². The SMILES string of the molecule is CC(C)(C)C(=O)CCC(=O)C1C[C@@H](N2C(=O)C(C(C)(C)C)C(C(C)(C)C)C2=O)C[C@@H](N2C(=O)C(C(C)(C)C)C(C(C)(C)C)C2=O)C1. The fourth-order valence-corrected chi connectivity index (χ4v) is 8.35. The predicted molar refractivity (Wildman–Crippen MR) is 179 cm³/mol. The number of nitrogens with zero attached hydrogens (tertiary/aromatic N) is 2. The molecule has 0 bridgehead atoms. The van der Waals surface area contributed by atoms with Gasteiger partial charge < -0.3 is 0 Å². The highest BCUT2D eigenvalue weighted by Crippen LogP contribution is 2.52. The van der Waals surface area contributed by atoms with Crippen LogP contribution in [0, 0.1) is 56.7 Å². The Labute approximate surface area is 278 Å². The lowest BCUT2D eigenvalue weighted by Crippen LogP contribution is -2.53. The molecule has 0 aromatic rings. The van der Waals surface area contributed by atoms with Gasteiger partial charge in [0.15, 0.2) is 0 Å². The van der Waals surface area contributed by atoms with E-state index in [4.69, 9.17) is 0 Å². The molecule has 0 aromatic heterocycles. The van der Waals surface area contributed by atoms with Crippen LogP contribution in [0.1, 0.15) is 136 Å². The summed E-state index contributed by atoms with van der Waals surface area (Å²) in [6.45, 7) is 29.3. The maximum atomic E-state index is 14.3. The highest BCUT2D eigenvalue weighted by molar-refractivity contribution is 6.07. The number of Topliss-reactive ketones (excluding diaryl/α,β-unsaturated/α-hetero) is 2. The van der Waals surface area contributed by atoms with E-state index in [0.717, 1.165) is 0 Å². The van der Waals surface area contributed by atoms with Crippen LogP contribution < -0.4 is 0 Å². The number of carbonyl (C=O) groups is 6. The van der Waals surface area contributed by atoms with Crippen LogP contribution in [0.25, 0.3) is 0 Å². The molecule has 0 radical (unpaired) electrons. The molecule has 1 saturated carbocycles. The molecular formula is C38H62N2O6. The lowest BCUT2D eigenvalue weighted by molar-refractivity contribution is -0.149. The molecule has 8 nitrogen and oxygen atoms in total. The molecule has 3 rings (SSSR count). The Morgan fingerprint density at radius 2 is 0.783 bits per heavy atom. The zero-order chi connectivity index (χ0) is 35.7. The fraction of sp³-hybridized carbons (Fsp3) is 0.842. The molecule has 260 valence electrons. The van der Waals surface area contributed by atoms with Crippen LogP contribution in [0.15, 0.2) is 0 Å². The second-order valence-corrected chi connectivity index (χ2v) is 19.8. The van der Waals surface area contributed by atoms with E-state index in [0.29, 0.717) is 0 Å². The maximum absolute atomic E-state index is 14.3. The lowest BCUT2D eigenvalue weighted by Gasteiger charge is -2.41. The predicted octanol–water partition coefficient (Wildman–Crippen LogP) is 6.88. The molecule has 7 atom stereocenters. The van der Waals surface area contributed by atoms with E-state index in [1.165, 1.54) is 9.80 Å². The van der Waals surface area contributed by atoms with Crippen molar-refractivity contribution in [2.75, 3.05) is 0 Å². The number of imide groups is 2. The average Bonchev–Trinajstić information content (AvgIpc) is 3.29. The van der Waals surface area contributed by atoms with Gasteiger partial charge in [0.1, 0.15) is 11.6 Å². The zero-order valence-electron chi connectivity index (χ0n) is 31.4. The summed E-state index contributed by atoms with van der Waals surface area (Å²) in [6.07, 6.45) is 0.945. The first-order chi connectivity index (χ1) is 20.5. The number of rotatable bonds is 6. The van der Waals surface area contributed by atoms with Crippen molar-refractivity contribution in [2.24, 2.45) is 56.7 Å². The van der Waals surface area contributed by atoms with Gasteiger partial charge in [0, 0.05) is 36.3 Å². The van der Waals surface area contributed by atoms with Crippen molar-refractivity contribution < 1.29 is 28.8 Å². The summed E-state index contributed by atoms with van der Waals surface area (Å²) in [6, 6.07) is -1.27. The van der Waals surface area contributed by atoms with Crippen molar-refractivity contribution in [1.29, 1.82) is 0 Å². The Morgan fingerprint density at radius 3 is 1.02 bits per heavy atom. The molecule has 3 aliphatic rings. The van der Waals surface area contributed by atoms with Crippen LogP contribution in [0.5, 0.6) is 0 Å². The fourth-order valence-electron chi connectivity index (χ4n) is 8.35. The molecule has 2 heterocycles. The monoisotopic (exact) mass is 642 g/mol. The summed E-state index contributed by atoms with van der Waals surface area (Å²) >= 11 is 0. The molecule has 4 amide bonds. The molecule has 0 N–H and O–H groups in total. The first-order valence-corrected chi connectivity index (χ1v) is 17.3. The molecule has 2 aliphatic heterocycles. The highest BCUT2D eigenvalue weighted by Gasteiger charge is 2.61. The van der Waals surface area contributed by atoms with Gasteiger partial charge in [0.25, 0.3) is 0 Å². The second-order valence-electron chi connectivity index (χ2n) is 19.8. The van der Waals surface area contributed by atoms with Crippen molar-refractivity contribution in [1.82, 2.24) is 9.80 Å². The summed E-state index contributed by atoms with van der Waals surface area (Å²) in [4.78, 5) is 86.5. The Hall–Kier alpha value is -2.38. The summed E-state index contributed by atoms with van der Waals surface area (Å²) in [5, 5.41) is 0. The minimum atomic E-state index is -0.634. The Bertz CT molecular complexity index is 1120. The zero-order valence-corrected chi connectivity index (χ0v) is 31.4. The minimum absolute atomic E-state index is 0.0124.